The van der Waals surface area contributed by atoms with Crippen molar-refractivity contribution in [1.29, 1.82) is 0 Å². The number of aromatic amines is 1. The fraction of sp³-hybridized carbons (Fsp3) is 0.524. The predicted molar refractivity (Wildman–Crippen MR) is 97.4 cm³/mol. The molecule has 1 aliphatic carbocycles. The first kappa shape index (κ1) is 15.7. The summed E-state index contributed by atoms with van der Waals surface area (Å²) in [6.07, 6.45) is 5.61. The lowest BCUT2D eigenvalue weighted by Crippen LogP contribution is -2.49. The number of hydrogen-bond donors (Lipinski definition) is 1. The molecule has 1 N–H and O–H groups in total. The first-order chi connectivity index (χ1) is 13.0. The summed E-state index contributed by atoms with van der Waals surface area (Å²) in [5.74, 6) is 2.04. The molecule has 3 fully saturated rings. The van der Waals surface area contributed by atoms with Gasteiger partial charge in [-0.1, -0.05) is 13.0 Å². The summed E-state index contributed by atoms with van der Waals surface area (Å²) >= 11 is 0. The van der Waals surface area contributed by atoms with Crippen LogP contribution in [0.4, 0.5) is 0 Å². The highest BCUT2D eigenvalue weighted by Gasteiger charge is 2.72. The van der Waals surface area contributed by atoms with Crippen molar-refractivity contribution in [2.24, 2.45) is 11.8 Å². The number of fused-ring (bicyclic) bond motifs is 2. The van der Waals surface area contributed by atoms with Gasteiger partial charge in [0.1, 0.15) is 23.3 Å². The van der Waals surface area contributed by atoms with Crippen LogP contribution in [-0.2, 0) is 20.7 Å². The third kappa shape index (κ3) is 1.84. The van der Waals surface area contributed by atoms with E-state index >= 15 is 0 Å². The molecule has 4 aliphatic rings. The minimum absolute atomic E-state index is 0.115. The Morgan fingerprint density at radius 3 is 3.11 bits per heavy atom. The molecule has 0 amide bonds. The van der Waals surface area contributed by atoms with Gasteiger partial charge in [-0.25, -0.2) is 9.78 Å². The van der Waals surface area contributed by atoms with E-state index in [1.165, 1.54) is 0 Å². The van der Waals surface area contributed by atoms with Crippen LogP contribution in [0.3, 0.4) is 0 Å². The topological polar surface area (TPSA) is 73.4 Å². The maximum atomic E-state index is 12.4. The van der Waals surface area contributed by atoms with Crippen molar-refractivity contribution in [1.82, 2.24) is 9.97 Å². The molecule has 3 aliphatic heterocycles. The summed E-state index contributed by atoms with van der Waals surface area (Å²) in [7, 11) is 1.66. The molecule has 2 aromatic rings. The zero-order valence-electron chi connectivity index (χ0n) is 15.5. The van der Waals surface area contributed by atoms with Gasteiger partial charge in [0.15, 0.2) is 0 Å². The van der Waals surface area contributed by atoms with Crippen LogP contribution in [0, 0.1) is 11.8 Å². The Morgan fingerprint density at radius 1 is 1.37 bits per heavy atom. The quantitative estimate of drug-likeness (QED) is 0.846. The van der Waals surface area contributed by atoms with Crippen LogP contribution in [0.25, 0.3) is 11.0 Å². The van der Waals surface area contributed by atoms with Gasteiger partial charge in [0.2, 0.25) is 0 Å². The molecule has 2 bridgehead atoms. The Kier molecular flexibility index (Phi) is 2.86. The summed E-state index contributed by atoms with van der Waals surface area (Å²) in [4.78, 5) is 20.6. The van der Waals surface area contributed by atoms with Crippen LogP contribution in [0.15, 0.2) is 29.8 Å². The molecule has 1 spiro atoms. The van der Waals surface area contributed by atoms with Gasteiger partial charge in [-0.2, -0.15) is 0 Å². The van der Waals surface area contributed by atoms with Crippen LogP contribution in [0.5, 0.6) is 5.75 Å². The van der Waals surface area contributed by atoms with Crippen molar-refractivity contribution in [2.45, 2.75) is 49.9 Å². The summed E-state index contributed by atoms with van der Waals surface area (Å²) < 4.78 is 17.8. The van der Waals surface area contributed by atoms with Crippen molar-refractivity contribution < 1.29 is 19.0 Å². The van der Waals surface area contributed by atoms with Crippen molar-refractivity contribution >= 4 is 17.0 Å². The molecule has 1 aromatic heterocycles. The number of ether oxygens (including phenoxy) is 3. The molecule has 4 heterocycles. The van der Waals surface area contributed by atoms with Crippen molar-refractivity contribution in [2.75, 3.05) is 7.11 Å². The molecule has 27 heavy (non-hydrogen) atoms. The van der Waals surface area contributed by atoms with Crippen LogP contribution >= 0.6 is 0 Å². The fourth-order valence-electron chi connectivity index (χ4n) is 5.87. The Labute approximate surface area is 156 Å². The van der Waals surface area contributed by atoms with Crippen molar-refractivity contribution in [3.8, 4) is 5.75 Å². The van der Waals surface area contributed by atoms with Crippen LogP contribution in [0.2, 0.25) is 0 Å². The van der Waals surface area contributed by atoms with Gasteiger partial charge in [-0.3, -0.25) is 0 Å². The average Bonchev–Trinajstić information content (AvgIpc) is 3.33. The molecule has 6 heteroatoms. The molecule has 1 aromatic carbocycles. The Bertz CT molecular complexity index is 1010. The third-order valence-electron chi connectivity index (χ3n) is 7.17. The molecule has 0 radical (unpaired) electrons. The molecule has 2 unspecified atom stereocenters. The maximum absolute atomic E-state index is 12.4. The molecule has 140 valence electrons. The third-order valence-corrected chi connectivity index (χ3v) is 7.17. The summed E-state index contributed by atoms with van der Waals surface area (Å²) in [5.41, 5.74) is 1.81. The number of esters is 1. The lowest BCUT2D eigenvalue weighted by molar-refractivity contribution is -0.149. The number of aromatic nitrogens is 2. The number of hydrogen-bond acceptors (Lipinski definition) is 5. The minimum atomic E-state index is -0.515. The highest BCUT2D eigenvalue weighted by atomic mass is 16.6. The first-order valence-corrected chi connectivity index (χ1v) is 9.70. The van der Waals surface area contributed by atoms with E-state index in [9.17, 15) is 4.79 Å². The van der Waals surface area contributed by atoms with Gasteiger partial charge in [0, 0.05) is 18.4 Å². The lowest BCUT2D eigenvalue weighted by atomic mass is 9.81. The molecule has 1 saturated carbocycles. The normalized spacial score (nSPS) is 38.8. The zero-order chi connectivity index (χ0) is 18.4. The van der Waals surface area contributed by atoms with Gasteiger partial charge in [-0.05, 0) is 37.3 Å². The smallest absolute Gasteiger partial charge is 0.337 e. The fourth-order valence-corrected chi connectivity index (χ4v) is 5.87. The minimum Gasteiger partial charge on any atom is -0.497 e. The van der Waals surface area contributed by atoms with Gasteiger partial charge >= 0.3 is 5.97 Å². The van der Waals surface area contributed by atoms with E-state index < -0.39 is 5.60 Å². The second-order valence-electron chi connectivity index (χ2n) is 8.44. The van der Waals surface area contributed by atoms with Crippen molar-refractivity contribution in [3.05, 3.63) is 35.7 Å². The van der Waals surface area contributed by atoms with E-state index in [1.54, 1.807) is 7.11 Å². The number of rotatable bonds is 3. The van der Waals surface area contributed by atoms with Crippen molar-refractivity contribution in [3.63, 3.8) is 0 Å². The van der Waals surface area contributed by atoms with Gasteiger partial charge < -0.3 is 19.2 Å². The first-order valence-electron chi connectivity index (χ1n) is 9.70. The van der Waals surface area contributed by atoms with Crippen LogP contribution in [-0.4, -0.2) is 40.4 Å². The van der Waals surface area contributed by atoms with Gasteiger partial charge in [0.05, 0.1) is 29.3 Å². The maximum Gasteiger partial charge on any atom is 0.337 e. The summed E-state index contributed by atoms with van der Waals surface area (Å²) in [6.45, 7) is 2.15. The van der Waals surface area contributed by atoms with Gasteiger partial charge in [-0.15, -0.1) is 0 Å². The molecule has 5 atom stereocenters. The second-order valence-corrected chi connectivity index (χ2v) is 8.44. The zero-order valence-corrected chi connectivity index (χ0v) is 15.5. The number of carbonyl (C=O) groups excluding carboxylic acids is 1. The highest BCUT2D eigenvalue weighted by molar-refractivity contribution is 5.94. The van der Waals surface area contributed by atoms with E-state index in [1.807, 2.05) is 18.2 Å². The van der Waals surface area contributed by atoms with Crippen LogP contribution < -0.4 is 4.74 Å². The number of nitrogens with one attached hydrogen (secondary N) is 1. The standard InChI is InChI=1S/C21H22N2O4/c1-11-7-14-19(24)26-17-6-3-12-9-20(11,27-21(12,14)17)10-18-22-15-5-4-13(25-2)8-16(15)23-18/h4-5,7-8,11-12,17H,3,6,9-10H2,1-2H3,(H,22,23)/t11-,12?,17-,20?,21+/m1/s1. The second kappa shape index (κ2) is 4.93. The van der Waals surface area contributed by atoms with E-state index in [2.05, 4.69) is 18.0 Å². The van der Waals surface area contributed by atoms with E-state index in [0.29, 0.717) is 12.3 Å². The number of carbonyl (C=O) groups is 1. The largest absolute Gasteiger partial charge is 0.497 e. The number of benzene rings is 1. The molecule has 6 nitrogen and oxygen atoms in total. The predicted octanol–water partition coefficient (Wildman–Crippen LogP) is 2.92. The van der Waals surface area contributed by atoms with E-state index in [0.717, 1.165) is 47.4 Å². The van der Waals surface area contributed by atoms with E-state index in [4.69, 9.17) is 19.2 Å². The number of nitrogens with zero attached hydrogens (tertiary/aromatic N) is 1. The summed E-state index contributed by atoms with van der Waals surface area (Å²) in [5, 5.41) is 0. The van der Waals surface area contributed by atoms with E-state index in [-0.39, 0.29) is 23.6 Å². The number of methoxy groups -OCH3 is 1. The number of imidazole rings is 1. The Balaban J connectivity index is 1.40. The Hall–Kier alpha value is -2.34. The monoisotopic (exact) mass is 366 g/mol. The van der Waals surface area contributed by atoms with Crippen LogP contribution in [0.1, 0.15) is 32.0 Å². The SMILES string of the molecule is COc1ccc2nc(CC34CC5CC[C@H]6OC(=O)C(=C[C@H]3C)[C@@]56O4)[nH]c2c1. The number of H-pyrrole nitrogens is 1. The lowest BCUT2D eigenvalue weighted by Gasteiger charge is -2.40. The highest BCUT2D eigenvalue weighted by Crippen LogP contribution is 2.64. The average molecular weight is 366 g/mol. The summed E-state index contributed by atoms with van der Waals surface area (Å²) in [6, 6.07) is 5.86. The molecular weight excluding hydrogens is 344 g/mol. The molecule has 6 rings (SSSR count). The molecular formula is C21H22N2O4. The van der Waals surface area contributed by atoms with Gasteiger partial charge in [0.25, 0.3) is 0 Å². The Morgan fingerprint density at radius 2 is 2.26 bits per heavy atom. The molecule has 2 saturated heterocycles.